The molecule has 0 radical (unpaired) electrons. The molecule has 0 aromatic carbocycles. The van der Waals surface area contributed by atoms with Gasteiger partial charge in [-0.15, -0.1) is 0 Å². The van der Waals surface area contributed by atoms with Gasteiger partial charge in [-0.25, -0.2) is 0 Å². The first kappa shape index (κ1) is 12.3. The van der Waals surface area contributed by atoms with Crippen LogP contribution in [0.1, 0.15) is 24.8 Å². The summed E-state index contributed by atoms with van der Waals surface area (Å²) in [6.45, 7) is 2.09. The van der Waals surface area contributed by atoms with Crippen LogP contribution >= 0.6 is 0 Å². The Balaban J connectivity index is 1.78. The topological polar surface area (TPSA) is 54.4 Å². The molecule has 0 amide bonds. The highest BCUT2D eigenvalue weighted by Gasteiger charge is 2.16. The second-order valence-corrected chi connectivity index (χ2v) is 4.46. The molecule has 1 fully saturated rings. The Kier molecular flexibility index (Phi) is 4.76. The lowest BCUT2D eigenvalue weighted by Crippen LogP contribution is -2.46. The van der Waals surface area contributed by atoms with Gasteiger partial charge in [-0.2, -0.15) is 0 Å². The standard InChI is InChI=1S/C13H20N2O2/c16-6-2-1-3-11-7-13(9-14-8-11)17-10-12-4-5-15-12/h7-9,12,15-16H,1-6,10H2/t12-/m0/s1. The molecule has 1 aromatic rings. The predicted octanol–water partition coefficient (Wildman–Crippen LogP) is 1.14. The van der Waals surface area contributed by atoms with Gasteiger partial charge in [-0.05, 0) is 43.9 Å². The molecule has 4 nitrogen and oxygen atoms in total. The number of hydrogen-bond acceptors (Lipinski definition) is 4. The number of pyridine rings is 1. The van der Waals surface area contributed by atoms with Crippen LogP contribution in [0.3, 0.4) is 0 Å². The van der Waals surface area contributed by atoms with E-state index in [1.807, 2.05) is 12.3 Å². The molecule has 2 N–H and O–H groups in total. The Labute approximate surface area is 102 Å². The molecule has 2 heterocycles. The number of hydrogen-bond donors (Lipinski definition) is 2. The van der Waals surface area contributed by atoms with Gasteiger partial charge in [0.05, 0.1) is 6.20 Å². The second-order valence-electron chi connectivity index (χ2n) is 4.46. The van der Waals surface area contributed by atoms with Crippen molar-refractivity contribution < 1.29 is 9.84 Å². The van der Waals surface area contributed by atoms with E-state index in [1.54, 1.807) is 6.20 Å². The number of aliphatic hydroxyl groups excluding tert-OH is 1. The lowest BCUT2D eigenvalue weighted by atomic mass is 10.1. The van der Waals surface area contributed by atoms with Gasteiger partial charge in [0.2, 0.25) is 0 Å². The first-order chi connectivity index (χ1) is 8.38. The molecule has 1 atom stereocenters. The molecule has 0 saturated carbocycles. The molecule has 4 heteroatoms. The zero-order valence-electron chi connectivity index (χ0n) is 10.1. The zero-order chi connectivity index (χ0) is 11.9. The lowest BCUT2D eigenvalue weighted by Gasteiger charge is -2.27. The third-order valence-corrected chi connectivity index (χ3v) is 3.02. The summed E-state index contributed by atoms with van der Waals surface area (Å²) in [6.07, 6.45) is 7.61. The molecular formula is C13H20N2O2. The average Bonchev–Trinajstić information content (AvgIpc) is 2.28. The molecule has 1 aliphatic heterocycles. The molecule has 1 aliphatic rings. The van der Waals surface area contributed by atoms with Crippen molar-refractivity contribution in [3.05, 3.63) is 24.0 Å². The maximum absolute atomic E-state index is 8.73. The molecule has 94 valence electrons. The van der Waals surface area contributed by atoms with Crippen LogP contribution < -0.4 is 10.1 Å². The summed E-state index contributed by atoms with van der Waals surface area (Å²) in [6, 6.07) is 2.55. The highest BCUT2D eigenvalue weighted by Crippen LogP contribution is 2.14. The predicted molar refractivity (Wildman–Crippen MR) is 66.2 cm³/mol. The van der Waals surface area contributed by atoms with E-state index in [-0.39, 0.29) is 6.61 Å². The summed E-state index contributed by atoms with van der Waals surface area (Å²) < 4.78 is 5.68. The Morgan fingerprint density at radius 3 is 3.00 bits per heavy atom. The first-order valence-electron chi connectivity index (χ1n) is 6.29. The van der Waals surface area contributed by atoms with Crippen molar-refractivity contribution in [3.63, 3.8) is 0 Å². The summed E-state index contributed by atoms with van der Waals surface area (Å²) in [5.74, 6) is 0.847. The van der Waals surface area contributed by atoms with Crippen LogP contribution in [0.25, 0.3) is 0 Å². The van der Waals surface area contributed by atoms with E-state index in [4.69, 9.17) is 9.84 Å². The van der Waals surface area contributed by atoms with E-state index in [2.05, 4.69) is 10.3 Å². The fourth-order valence-corrected chi connectivity index (χ4v) is 1.81. The van der Waals surface area contributed by atoms with Gasteiger partial charge in [-0.1, -0.05) is 0 Å². The maximum atomic E-state index is 8.73. The third-order valence-electron chi connectivity index (χ3n) is 3.02. The summed E-state index contributed by atoms with van der Waals surface area (Å²) in [5, 5.41) is 12.0. The van der Waals surface area contributed by atoms with E-state index < -0.39 is 0 Å². The van der Waals surface area contributed by atoms with E-state index in [1.165, 1.54) is 12.0 Å². The van der Waals surface area contributed by atoms with E-state index in [0.717, 1.165) is 38.2 Å². The maximum Gasteiger partial charge on any atom is 0.137 e. The number of aryl methyl sites for hydroxylation is 1. The number of nitrogens with zero attached hydrogens (tertiary/aromatic N) is 1. The molecule has 17 heavy (non-hydrogen) atoms. The van der Waals surface area contributed by atoms with E-state index in [9.17, 15) is 0 Å². The number of unbranched alkanes of at least 4 members (excludes halogenated alkanes) is 1. The molecule has 2 rings (SSSR count). The quantitative estimate of drug-likeness (QED) is 0.697. The van der Waals surface area contributed by atoms with Crippen molar-refractivity contribution in [2.45, 2.75) is 31.7 Å². The molecular weight excluding hydrogens is 216 g/mol. The Bertz CT molecular complexity index is 340. The minimum absolute atomic E-state index is 0.261. The van der Waals surface area contributed by atoms with Crippen LogP contribution in [0.2, 0.25) is 0 Å². The first-order valence-corrected chi connectivity index (χ1v) is 6.29. The SMILES string of the molecule is OCCCCc1cncc(OC[C@@H]2CCN2)c1. The highest BCUT2D eigenvalue weighted by atomic mass is 16.5. The average molecular weight is 236 g/mol. The van der Waals surface area contributed by atoms with Gasteiger partial charge < -0.3 is 15.2 Å². The Hall–Kier alpha value is -1.13. The fourth-order valence-electron chi connectivity index (χ4n) is 1.81. The van der Waals surface area contributed by atoms with Crippen LogP contribution in [-0.4, -0.2) is 35.9 Å². The van der Waals surface area contributed by atoms with Gasteiger partial charge in [0.1, 0.15) is 12.4 Å². The van der Waals surface area contributed by atoms with Crippen molar-refractivity contribution in [3.8, 4) is 5.75 Å². The number of aromatic nitrogens is 1. The van der Waals surface area contributed by atoms with Crippen molar-refractivity contribution in [1.82, 2.24) is 10.3 Å². The molecule has 1 saturated heterocycles. The number of nitrogens with one attached hydrogen (secondary N) is 1. The van der Waals surface area contributed by atoms with Crippen molar-refractivity contribution in [2.24, 2.45) is 0 Å². The van der Waals surface area contributed by atoms with Crippen molar-refractivity contribution in [1.29, 1.82) is 0 Å². The van der Waals surface area contributed by atoms with E-state index in [0.29, 0.717) is 6.04 Å². The number of aliphatic hydroxyl groups is 1. The summed E-state index contributed by atoms with van der Waals surface area (Å²) in [7, 11) is 0. The zero-order valence-corrected chi connectivity index (χ0v) is 10.1. The molecule has 0 aliphatic carbocycles. The normalized spacial score (nSPS) is 18.8. The van der Waals surface area contributed by atoms with Gasteiger partial charge in [0.25, 0.3) is 0 Å². The summed E-state index contributed by atoms with van der Waals surface area (Å²) in [5.41, 5.74) is 1.18. The van der Waals surface area contributed by atoms with Crippen LogP contribution in [-0.2, 0) is 6.42 Å². The Morgan fingerprint density at radius 2 is 2.29 bits per heavy atom. The highest BCUT2D eigenvalue weighted by molar-refractivity contribution is 5.23. The van der Waals surface area contributed by atoms with Crippen molar-refractivity contribution in [2.75, 3.05) is 19.8 Å². The third kappa shape index (κ3) is 3.98. The summed E-state index contributed by atoms with van der Waals surface area (Å²) in [4.78, 5) is 4.18. The molecule has 1 aromatic heterocycles. The van der Waals surface area contributed by atoms with Crippen LogP contribution in [0, 0.1) is 0 Å². The minimum atomic E-state index is 0.261. The van der Waals surface area contributed by atoms with Gasteiger partial charge in [0, 0.05) is 18.8 Å². The Morgan fingerprint density at radius 1 is 1.41 bits per heavy atom. The smallest absolute Gasteiger partial charge is 0.137 e. The molecule has 0 unspecified atom stereocenters. The number of rotatable bonds is 7. The largest absolute Gasteiger partial charge is 0.490 e. The number of ether oxygens (including phenoxy) is 1. The summed E-state index contributed by atoms with van der Waals surface area (Å²) >= 11 is 0. The van der Waals surface area contributed by atoms with Crippen LogP contribution in [0.4, 0.5) is 0 Å². The van der Waals surface area contributed by atoms with Gasteiger partial charge >= 0.3 is 0 Å². The van der Waals surface area contributed by atoms with Crippen LogP contribution in [0.15, 0.2) is 18.5 Å². The molecule has 0 spiro atoms. The molecule has 0 bridgehead atoms. The van der Waals surface area contributed by atoms with Gasteiger partial charge in [-0.3, -0.25) is 4.98 Å². The lowest BCUT2D eigenvalue weighted by molar-refractivity contribution is 0.216. The van der Waals surface area contributed by atoms with Crippen LogP contribution in [0.5, 0.6) is 5.75 Å². The van der Waals surface area contributed by atoms with E-state index >= 15 is 0 Å². The fraction of sp³-hybridized carbons (Fsp3) is 0.615. The minimum Gasteiger partial charge on any atom is -0.490 e. The monoisotopic (exact) mass is 236 g/mol. The second kappa shape index (κ2) is 6.57. The van der Waals surface area contributed by atoms with Crippen molar-refractivity contribution >= 4 is 0 Å². The van der Waals surface area contributed by atoms with Gasteiger partial charge in [0.15, 0.2) is 0 Å².